The van der Waals surface area contributed by atoms with Gasteiger partial charge in [-0.05, 0) is 87.0 Å². The molecule has 0 unspecified atom stereocenters. The van der Waals surface area contributed by atoms with Crippen LogP contribution in [0.3, 0.4) is 0 Å². The van der Waals surface area contributed by atoms with E-state index in [9.17, 15) is 4.79 Å². The van der Waals surface area contributed by atoms with E-state index in [0.717, 1.165) is 51.2 Å². The van der Waals surface area contributed by atoms with Crippen LogP contribution >= 0.6 is 11.8 Å². The van der Waals surface area contributed by atoms with Gasteiger partial charge in [-0.15, -0.1) is 11.8 Å². The van der Waals surface area contributed by atoms with Crippen LogP contribution in [0.1, 0.15) is 48.0 Å². The minimum atomic E-state index is 0.0171. The molecule has 1 amide bonds. The molecule has 5 nitrogen and oxygen atoms in total. The Morgan fingerprint density at radius 2 is 2.03 bits per heavy atom. The second-order valence-electron chi connectivity index (χ2n) is 9.54. The summed E-state index contributed by atoms with van der Waals surface area (Å²) in [4.78, 5) is 20.2. The smallest absolute Gasteiger partial charge is 0.252 e. The fourth-order valence-corrected chi connectivity index (χ4v) is 6.92. The molecule has 180 valence electrons. The Labute approximate surface area is 206 Å². The molecule has 3 aromatic rings. The maximum atomic E-state index is 13.1. The maximum Gasteiger partial charge on any atom is 0.252 e. The largest absolute Gasteiger partial charge is 0.497 e. The van der Waals surface area contributed by atoms with E-state index in [0.29, 0.717) is 6.54 Å². The third-order valence-corrected chi connectivity index (χ3v) is 8.73. The van der Waals surface area contributed by atoms with E-state index in [2.05, 4.69) is 21.3 Å². The summed E-state index contributed by atoms with van der Waals surface area (Å²) >= 11 is 1.87. The van der Waals surface area contributed by atoms with Gasteiger partial charge in [0.05, 0.1) is 12.7 Å². The third kappa shape index (κ3) is 5.13. The molecule has 2 aromatic carbocycles. The molecule has 0 aliphatic carbocycles. The summed E-state index contributed by atoms with van der Waals surface area (Å²) in [5, 5.41) is 4.30. The number of fused-ring (bicyclic) bond motifs is 2. The summed E-state index contributed by atoms with van der Waals surface area (Å²) in [6, 6.07) is 14.9. The van der Waals surface area contributed by atoms with Crippen LogP contribution in [0.2, 0.25) is 0 Å². The molecule has 2 saturated heterocycles. The highest BCUT2D eigenvalue weighted by atomic mass is 32.2. The van der Waals surface area contributed by atoms with Crippen LogP contribution in [0.15, 0.2) is 53.6 Å². The van der Waals surface area contributed by atoms with Crippen LogP contribution in [0.5, 0.6) is 5.75 Å². The van der Waals surface area contributed by atoms with E-state index < -0.39 is 0 Å². The first-order chi connectivity index (χ1) is 16.7. The number of carbonyl (C=O) groups is 1. The summed E-state index contributed by atoms with van der Waals surface area (Å²) < 4.78 is 5.37. The zero-order valence-corrected chi connectivity index (χ0v) is 20.8. The van der Waals surface area contributed by atoms with Gasteiger partial charge < -0.3 is 19.9 Å². The molecule has 0 radical (unpaired) electrons. The quantitative estimate of drug-likeness (QED) is 0.420. The molecule has 2 aliphatic heterocycles. The molecular formula is C28H35N3O2S. The second kappa shape index (κ2) is 10.9. The lowest BCUT2D eigenvalue weighted by atomic mass is 9.85. The van der Waals surface area contributed by atoms with Gasteiger partial charge in [0.2, 0.25) is 0 Å². The van der Waals surface area contributed by atoms with Crippen molar-refractivity contribution < 1.29 is 9.53 Å². The van der Waals surface area contributed by atoms with Crippen molar-refractivity contribution in [3.63, 3.8) is 0 Å². The van der Waals surface area contributed by atoms with Gasteiger partial charge in [-0.25, -0.2) is 0 Å². The van der Waals surface area contributed by atoms with E-state index in [1.54, 1.807) is 7.11 Å². The number of carbonyl (C=O) groups excluding carboxylic acids is 1. The summed E-state index contributed by atoms with van der Waals surface area (Å²) in [5.41, 5.74) is 3.07. The molecule has 0 bridgehead atoms. The topological polar surface area (TPSA) is 57.4 Å². The average Bonchev–Trinajstić information content (AvgIpc) is 3.29. The van der Waals surface area contributed by atoms with Crippen LogP contribution in [-0.4, -0.2) is 54.3 Å². The van der Waals surface area contributed by atoms with Gasteiger partial charge in [0, 0.05) is 40.3 Å². The number of aromatic amines is 1. The minimum Gasteiger partial charge on any atom is -0.497 e. The number of ether oxygens (including phenoxy) is 1. The van der Waals surface area contributed by atoms with Gasteiger partial charge >= 0.3 is 0 Å². The van der Waals surface area contributed by atoms with Gasteiger partial charge in [0.25, 0.3) is 5.91 Å². The van der Waals surface area contributed by atoms with Gasteiger partial charge in [0.1, 0.15) is 5.75 Å². The van der Waals surface area contributed by atoms with Crippen molar-refractivity contribution in [1.29, 1.82) is 0 Å². The first kappa shape index (κ1) is 23.3. The standard InChI is InChI=1S/C28H35N3O2S/c1-33-22-11-12-25-24(17-22)20(18-30-25)13-14-29-28(32)23-8-2-3-10-27(23)34-19-21-7-6-16-31-15-5-4-9-26(21)31/h2-3,8,10-12,17-18,21,26,30H,4-7,9,13-16,19H2,1H3,(H,29,32)/t21-,26-/m1/s1. The highest BCUT2D eigenvalue weighted by molar-refractivity contribution is 7.99. The van der Waals surface area contributed by atoms with Crippen molar-refractivity contribution in [2.45, 2.75) is 49.5 Å². The first-order valence-corrected chi connectivity index (χ1v) is 13.6. The highest BCUT2D eigenvalue weighted by Crippen LogP contribution is 2.35. The lowest BCUT2D eigenvalue weighted by Crippen LogP contribution is -2.48. The molecule has 2 fully saturated rings. The van der Waals surface area contributed by atoms with Crippen LogP contribution in [0.4, 0.5) is 0 Å². The monoisotopic (exact) mass is 477 g/mol. The zero-order chi connectivity index (χ0) is 23.3. The average molecular weight is 478 g/mol. The van der Waals surface area contributed by atoms with Crippen molar-refractivity contribution in [1.82, 2.24) is 15.2 Å². The Morgan fingerprint density at radius 3 is 2.94 bits per heavy atom. The number of hydrogen-bond acceptors (Lipinski definition) is 4. The molecule has 1 aromatic heterocycles. The number of H-pyrrole nitrogens is 1. The Morgan fingerprint density at radius 1 is 1.15 bits per heavy atom. The Balaban J connectivity index is 1.19. The maximum absolute atomic E-state index is 13.1. The van der Waals surface area contributed by atoms with Gasteiger partial charge in [-0.3, -0.25) is 4.79 Å². The number of piperidine rings is 2. The lowest BCUT2D eigenvalue weighted by Gasteiger charge is -2.44. The van der Waals surface area contributed by atoms with E-state index >= 15 is 0 Å². The Kier molecular flexibility index (Phi) is 7.45. The number of nitrogens with zero attached hydrogens (tertiary/aromatic N) is 1. The van der Waals surface area contributed by atoms with E-state index in [1.165, 1.54) is 50.8 Å². The molecule has 0 saturated carbocycles. The molecule has 5 rings (SSSR count). The summed E-state index contributed by atoms with van der Waals surface area (Å²) in [6.07, 6.45) is 9.48. The van der Waals surface area contributed by atoms with E-state index in [4.69, 9.17) is 4.74 Å². The fraction of sp³-hybridized carbons (Fsp3) is 0.464. The lowest BCUT2D eigenvalue weighted by molar-refractivity contribution is 0.0693. The summed E-state index contributed by atoms with van der Waals surface area (Å²) in [5.74, 6) is 2.69. The summed E-state index contributed by atoms with van der Waals surface area (Å²) in [6.45, 7) is 3.14. The van der Waals surface area contributed by atoms with Crippen molar-refractivity contribution in [2.24, 2.45) is 5.92 Å². The second-order valence-corrected chi connectivity index (χ2v) is 10.6. The summed E-state index contributed by atoms with van der Waals surface area (Å²) in [7, 11) is 1.68. The predicted molar refractivity (Wildman–Crippen MR) is 140 cm³/mol. The van der Waals surface area contributed by atoms with E-state index in [-0.39, 0.29) is 5.91 Å². The number of thioether (sulfide) groups is 1. The first-order valence-electron chi connectivity index (χ1n) is 12.6. The molecule has 2 N–H and O–H groups in total. The number of benzene rings is 2. The van der Waals surface area contributed by atoms with Crippen molar-refractivity contribution in [3.8, 4) is 5.75 Å². The molecule has 3 heterocycles. The molecule has 2 atom stereocenters. The molecular weight excluding hydrogens is 442 g/mol. The van der Waals surface area contributed by atoms with Gasteiger partial charge in [0.15, 0.2) is 0 Å². The highest BCUT2D eigenvalue weighted by Gasteiger charge is 2.33. The van der Waals surface area contributed by atoms with E-state index in [1.807, 2.05) is 54.4 Å². The number of amides is 1. The SMILES string of the molecule is COc1ccc2[nH]cc(CCNC(=O)c3ccccc3SC[C@H]3CCCN4CCCC[C@H]34)c2c1. The zero-order valence-electron chi connectivity index (χ0n) is 20.0. The third-order valence-electron chi connectivity index (χ3n) is 7.47. The minimum absolute atomic E-state index is 0.0171. The van der Waals surface area contributed by atoms with Crippen LogP contribution in [-0.2, 0) is 6.42 Å². The Hall–Kier alpha value is -2.44. The van der Waals surface area contributed by atoms with Crippen molar-refractivity contribution in [2.75, 3.05) is 32.5 Å². The normalized spacial score (nSPS) is 20.7. The predicted octanol–water partition coefficient (Wildman–Crippen LogP) is 5.51. The van der Waals surface area contributed by atoms with Crippen molar-refractivity contribution >= 4 is 28.6 Å². The number of rotatable bonds is 8. The van der Waals surface area contributed by atoms with Gasteiger partial charge in [-0.2, -0.15) is 0 Å². The van der Waals surface area contributed by atoms with Crippen LogP contribution < -0.4 is 10.1 Å². The molecule has 2 aliphatic rings. The van der Waals surface area contributed by atoms with Crippen LogP contribution in [0.25, 0.3) is 10.9 Å². The Bertz CT molecular complexity index is 1130. The number of aromatic nitrogens is 1. The number of hydrogen-bond donors (Lipinski definition) is 2. The molecule has 34 heavy (non-hydrogen) atoms. The molecule has 0 spiro atoms. The van der Waals surface area contributed by atoms with Crippen LogP contribution in [0, 0.1) is 5.92 Å². The number of nitrogens with one attached hydrogen (secondary N) is 2. The van der Waals surface area contributed by atoms with Crippen molar-refractivity contribution in [3.05, 3.63) is 59.8 Å². The van der Waals surface area contributed by atoms with Gasteiger partial charge in [-0.1, -0.05) is 18.6 Å². The molecule has 6 heteroatoms. The number of methoxy groups -OCH3 is 1. The fourth-order valence-electron chi connectivity index (χ4n) is 5.65.